The van der Waals surface area contributed by atoms with E-state index >= 15 is 0 Å². The fourth-order valence-electron chi connectivity index (χ4n) is 2.51. The van der Waals surface area contributed by atoms with Crippen molar-refractivity contribution in [2.45, 2.75) is 19.9 Å². The van der Waals surface area contributed by atoms with Gasteiger partial charge in [-0.3, -0.25) is 10.0 Å². The zero-order chi connectivity index (χ0) is 14.7. The molecule has 0 saturated carbocycles. The zero-order valence-electron chi connectivity index (χ0n) is 12.0. The van der Waals surface area contributed by atoms with Gasteiger partial charge in [-0.25, -0.2) is 10.5 Å². The molecule has 0 radical (unpaired) electrons. The third kappa shape index (κ3) is 2.34. The van der Waals surface area contributed by atoms with Crippen molar-refractivity contribution in [2.24, 2.45) is 4.99 Å². The van der Waals surface area contributed by atoms with E-state index < -0.39 is 11.9 Å². The van der Waals surface area contributed by atoms with E-state index in [1.165, 1.54) is 0 Å². The van der Waals surface area contributed by atoms with Gasteiger partial charge in [-0.15, -0.1) is 0 Å². The third-order valence-corrected chi connectivity index (χ3v) is 3.56. The lowest BCUT2D eigenvalue weighted by atomic mass is 10.0. The first-order valence-electron chi connectivity index (χ1n) is 6.73. The van der Waals surface area contributed by atoms with E-state index in [-0.39, 0.29) is 0 Å². The Bertz CT molecular complexity index is 526. The molecule has 1 aliphatic rings. The highest BCUT2D eigenvalue weighted by Gasteiger charge is 2.34. The van der Waals surface area contributed by atoms with Gasteiger partial charge >= 0.3 is 0 Å². The van der Waals surface area contributed by atoms with Gasteiger partial charge in [-0.1, -0.05) is 18.2 Å². The molecule has 1 aromatic rings. The molecule has 1 unspecified atom stereocenters. The van der Waals surface area contributed by atoms with E-state index in [2.05, 4.69) is 9.89 Å². The maximum absolute atomic E-state index is 12.0. The highest BCUT2D eigenvalue weighted by Crippen LogP contribution is 2.34. The lowest BCUT2D eigenvalue weighted by Gasteiger charge is -2.38. The first-order valence-corrected chi connectivity index (χ1v) is 6.73. The van der Waals surface area contributed by atoms with Crippen molar-refractivity contribution in [1.29, 1.82) is 0 Å². The van der Waals surface area contributed by atoms with Gasteiger partial charge in [0.15, 0.2) is 0 Å². The van der Waals surface area contributed by atoms with E-state index in [9.17, 15) is 4.79 Å². The van der Waals surface area contributed by atoms with Crippen molar-refractivity contribution in [3.05, 3.63) is 29.8 Å². The topological polar surface area (TPSA) is 68.2 Å². The molecular formula is C14H20N4O2. The largest absolute Gasteiger partial charge is 0.343 e. The number of amides is 1. The van der Waals surface area contributed by atoms with Gasteiger partial charge in [0.05, 0.1) is 5.69 Å². The number of carbonyl (C=O) groups is 1. The van der Waals surface area contributed by atoms with E-state index in [4.69, 9.17) is 5.21 Å². The maximum Gasteiger partial charge on any atom is 0.270 e. The summed E-state index contributed by atoms with van der Waals surface area (Å²) in [7, 11) is 1.81. The number of guanidine groups is 1. The van der Waals surface area contributed by atoms with E-state index in [1.807, 2.05) is 45.2 Å². The average molecular weight is 276 g/mol. The van der Waals surface area contributed by atoms with Crippen LogP contribution in [0.5, 0.6) is 0 Å². The quantitative estimate of drug-likeness (QED) is 0.648. The SMILES string of the molecule is CCN(CC)C1=Nc2ccccc2C(C(=O)NO)N1C. The number of fused-ring (bicyclic) bond motifs is 1. The highest BCUT2D eigenvalue weighted by molar-refractivity contribution is 5.94. The molecule has 20 heavy (non-hydrogen) atoms. The number of likely N-dealkylation sites (N-methyl/N-ethyl adjacent to an activating group) is 1. The van der Waals surface area contributed by atoms with Crippen LogP contribution in [0.1, 0.15) is 25.5 Å². The molecule has 2 N–H and O–H groups in total. The van der Waals surface area contributed by atoms with Crippen molar-refractivity contribution in [3.63, 3.8) is 0 Å². The van der Waals surface area contributed by atoms with Crippen LogP contribution in [0.25, 0.3) is 0 Å². The standard InChI is InChI=1S/C14H20N4O2/c1-4-18(5-2)14-15-11-9-7-6-8-10(11)12(17(14)3)13(19)16-20/h6-9,12,20H,4-5H2,1-3H3,(H,16,19). The minimum absolute atomic E-state index is 0.459. The molecule has 0 aliphatic carbocycles. The Hall–Kier alpha value is -2.08. The number of aliphatic imine (C=N–C) groups is 1. The summed E-state index contributed by atoms with van der Waals surface area (Å²) in [6.07, 6.45) is 0. The van der Waals surface area contributed by atoms with Crippen LogP contribution in [0.2, 0.25) is 0 Å². The highest BCUT2D eigenvalue weighted by atomic mass is 16.5. The minimum atomic E-state index is -0.579. The number of benzene rings is 1. The number of nitrogens with one attached hydrogen (secondary N) is 1. The minimum Gasteiger partial charge on any atom is -0.343 e. The molecule has 0 fully saturated rings. The first-order chi connectivity index (χ1) is 9.63. The Labute approximate surface area is 118 Å². The first kappa shape index (κ1) is 14.3. The molecule has 1 heterocycles. The van der Waals surface area contributed by atoms with Gasteiger partial charge in [0.25, 0.3) is 5.91 Å². The number of hydrogen-bond acceptors (Lipinski definition) is 5. The van der Waals surface area contributed by atoms with Crippen molar-refractivity contribution in [3.8, 4) is 0 Å². The summed E-state index contributed by atoms with van der Waals surface area (Å²) in [5.74, 6) is 0.279. The molecule has 1 aromatic carbocycles. The Morgan fingerprint density at radius 3 is 2.65 bits per heavy atom. The second-order valence-corrected chi connectivity index (χ2v) is 4.63. The molecule has 1 atom stereocenters. The molecule has 0 aromatic heterocycles. The van der Waals surface area contributed by atoms with Crippen LogP contribution in [0.15, 0.2) is 29.3 Å². The molecule has 108 valence electrons. The normalized spacial score (nSPS) is 17.3. The summed E-state index contributed by atoms with van der Waals surface area (Å²) in [6, 6.07) is 6.91. The van der Waals surface area contributed by atoms with Gasteiger partial charge in [0, 0.05) is 25.7 Å². The lowest BCUT2D eigenvalue weighted by Crippen LogP contribution is -2.49. The summed E-state index contributed by atoms with van der Waals surface area (Å²) >= 11 is 0. The maximum atomic E-state index is 12.0. The van der Waals surface area contributed by atoms with Crippen LogP contribution in [0.3, 0.4) is 0 Å². The van der Waals surface area contributed by atoms with Crippen LogP contribution in [-0.2, 0) is 4.79 Å². The molecule has 0 bridgehead atoms. The van der Waals surface area contributed by atoms with Gasteiger partial charge in [-0.05, 0) is 19.9 Å². The Balaban J connectivity index is 2.52. The summed E-state index contributed by atoms with van der Waals surface area (Å²) < 4.78 is 0. The summed E-state index contributed by atoms with van der Waals surface area (Å²) in [6.45, 7) is 5.69. The van der Waals surface area contributed by atoms with E-state index in [0.29, 0.717) is 0 Å². The second-order valence-electron chi connectivity index (χ2n) is 4.63. The van der Waals surface area contributed by atoms with Gasteiger partial charge in [-0.2, -0.15) is 0 Å². The molecule has 1 aliphatic heterocycles. The molecule has 0 saturated heterocycles. The average Bonchev–Trinajstić information content (AvgIpc) is 2.48. The van der Waals surface area contributed by atoms with Gasteiger partial charge < -0.3 is 9.80 Å². The van der Waals surface area contributed by atoms with Crippen LogP contribution in [-0.4, -0.2) is 47.0 Å². The number of hydrogen-bond donors (Lipinski definition) is 2. The van der Waals surface area contributed by atoms with Crippen LogP contribution in [0, 0.1) is 0 Å². The number of nitrogens with zero attached hydrogens (tertiary/aromatic N) is 3. The Kier molecular flexibility index (Phi) is 4.24. The molecule has 0 spiro atoms. The fourth-order valence-corrected chi connectivity index (χ4v) is 2.51. The molecular weight excluding hydrogens is 256 g/mol. The Morgan fingerprint density at radius 2 is 2.05 bits per heavy atom. The lowest BCUT2D eigenvalue weighted by molar-refractivity contribution is -0.133. The third-order valence-electron chi connectivity index (χ3n) is 3.56. The van der Waals surface area contributed by atoms with Crippen molar-refractivity contribution < 1.29 is 10.0 Å². The second kappa shape index (κ2) is 5.92. The number of carbonyl (C=O) groups excluding carboxylic acids is 1. The van der Waals surface area contributed by atoms with Gasteiger partial charge in [0.1, 0.15) is 6.04 Å². The zero-order valence-corrected chi connectivity index (χ0v) is 12.0. The fraction of sp³-hybridized carbons (Fsp3) is 0.429. The van der Waals surface area contributed by atoms with Crippen molar-refractivity contribution in [1.82, 2.24) is 15.3 Å². The number of para-hydroxylation sites is 1. The molecule has 6 heteroatoms. The molecule has 2 rings (SSSR count). The molecule has 1 amide bonds. The Morgan fingerprint density at radius 1 is 1.40 bits per heavy atom. The summed E-state index contributed by atoms with van der Waals surface area (Å²) in [4.78, 5) is 20.5. The van der Waals surface area contributed by atoms with E-state index in [0.717, 1.165) is 30.3 Å². The summed E-state index contributed by atoms with van der Waals surface area (Å²) in [5, 5.41) is 8.99. The monoisotopic (exact) mass is 276 g/mol. The van der Waals surface area contributed by atoms with Gasteiger partial charge in [0.2, 0.25) is 5.96 Å². The van der Waals surface area contributed by atoms with Crippen LogP contribution >= 0.6 is 0 Å². The van der Waals surface area contributed by atoms with Crippen molar-refractivity contribution >= 4 is 17.6 Å². The molecule has 6 nitrogen and oxygen atoms in total. The van der Waals surface area contributed by atoms with Crippen molar-refractivity contribution in [2.75, 3.05) is 20.1 Å². The predicted octanol–water partition coefficient (Wildman–Crippen LogP) is 1.51. The van der Waals surface area contributed by atoms with E-state index in [1.54, 1.807) is 10.4 Å². The predicted molar refractivity (Wildman–Crippen MR) is 76.9 cm³/mol. The summed E-state index contributed by atoms with van der Waals surface area (Å²) in [5.41, 5.74) is 3.30. The number of hydroxylamine groups is 1. The number of rotatable bonds is 3. The van der Waals surface area contributed by atoms with Crippen LogP contribution < -0.4 is 5.48 Å². The van der Waals surface area contributed by atoms with Crippen LogP contribution in [0.4, 0.5) is 5.69 Å². The smallest absolute Gasteiger partial charge is 0.270 e.